The number of ether oxygens (including phenoxy) is 2. The number of nitrogens with zero attached hydrogens (tertiary/aromatic N) is 2. The predicted octanol–water partition coefficient (Wildman–Crippen LogP) is 4.03. The quantitative estimate of drug-likeness (QED) is 0.0430. The van der Waals surface area contributed by atoms with Gasteiger partial charge in [-0.3, -0.25) is 13.9 Å². The summed E-state index contributed by atoms with van der Waals surface area (Å²) in [6, 6.07) is 9.27. The summed E-state index contributed by atoms with van der Waals surface area (Å²) in [5.41, 5.74) is 3.98. The van der Waals surface area contributed by atoms with Crippen LogP contribution in [0.4, 0.5) is 11.4 Å². The number of fused-ring (bicyclic) bond motifs is 2. The molecule has 1 fully saturated rings. The van der Waals surface area contributed by atoms with Crippen LogP contribution in [0.25, 0.3) is 0 Å². The number of hydrogen-bond donors (Lipinski definition) is 7. The topological polar surface area (TPSA) is 243 Å². The molecule has 3 heterocycles. The van der Waals surface area contributed by atoms with E-state index in [0.29, 0.717) is 45.5 Å². The van der Waals surface area contributed by atoms with Crippen LogP contribution in [-0.2, 0) is 45.3 Å². The van der Waals surface area contributed by atoms with Crippen molar-refractivity contribution in [1.29, 1.82) is 0 Å². The first kappa shape index (κ1) is 49.2. The van der Waals surface area contributed by atoms with Crippen LogP contribution in [0.15, 0.2) is 82.3 Å². The number of allylic oxidation sites excluding steroid dienone is 6. The second-order valence-corrected chi connectivity index (χ2v) is 19.8. The third kappa shape index (κ3) is 11.3. The molecule has 16 nitrogen and oxygen atoms in total. The summed E-state index contributed by atoms with van der Waals surface area (Å²) in [4.78, 5) is 14.3. The summed E-state index contributed by atoms with van der Waals surface area (Å²) in [7, 11) is -8.80. The average Bonchev–Trinajstić information content (AvgIpc) is 3.56. The zero-order valence-corrected chi connectivity index (χ0v) is 37.6. The number of benzene rings is 2. The highest BCUT2D eigenvalue weighted by Crippen LogP contribution is 2.48. The third-order valence-electron chi connectivity index (χ3n) is 11.9. The molecular formula is C44H62N3O13S2+. The van der Waals surface area contributed by atoms with Crippen molar-refractivity contribution < 1.29 is 65.2 Å². The van der Waals surface area contributed by atoms with Crippen LogP contribution in [0.2, 0.25) is 0 Å². The lowest BCUT2D eigenvalue weighted by Gasteiger charge is -2.38. The van der Waals surface area contributed by atoms with Crippen molar-refractivity contribution in [3.63, 3.8) is 0 Å². The Morgan fingerprint density at radius 2 is 1.48 bits per heavy atom. The molecule has 2 aromatic carbocycles. The molecule has 18 heteroatoms. The van der Waals surface area contributed by atoms with Crippen molar-refractivity contribution in [2.75, 3.05) is 37.7 Å². The Bertz CT molecular complexity index is 2290. The van der Waals surface area contributed by atoms with Gasteiger partial charge in [-0.2, -0.15) is 21.4 Å². The van der Waals surface area contributed by atoms with Crippen molar-refractivity contribution in [2.45, 2.75) is 131 Å². The lowest BCUT2D eigenvalue weighted by atomic mass is 9.81. The Hall–Kier alpha value is -3.82. The molecule has 1 unspecified atom stereocenters. The molecule has 0 radical (unpaired) electrons. The second-order valence-electron chi connectivity index (χ2n) is 17.0. The number of aliphatic hydroxyl groups is 4. The number of anilines is 1. The fraction of sp³-hybridized carbons (Fsp3) is 0.545. The normalized spacial score (nSPS) is 24.1. The number of carbonyl (C=O) groups is 1. The van der Waals surface area contributed by atoms with Crippen LogP contribution in [0.3, 0.4) is 0 Å². The number of amides is 1. The molecule has 2 aromatic rings. The molecule has 0 spiro atoms. The highest BCUT2D eigenvalue weighted by molar-refractivity contribution is 7.86. The van der Waals surface area contributed by atoms with Gasteiger partial charge in [0.05, 0.1) is 21.8 Å². The van der Waals surface area contributed by atoms with Crippen molar-refractivity contribution >= 4 is 43.2 Å². The first-order chi connectivity index (χ1) is 29.1. The fourth-order valence-electron chi connectivity index (χ4n) is 8.39. The Morgan fingerprint density at radius 1 is 0.823 bits per heavy atom. The number of hydrogen-bond acceptors (Lipinski definition) is 12. The minimum absolute atomic E-state index is 0.0406. The van der Waals surface area contributed by atoms with Crippen molar-refractivity contribution in [3.05, 3.63) is 83.6 Å². The molecule has 62 heavy (non-hydrogen) atoms. The summed E-state index contributed by atoms with van der Waals surface area (Å²) in [6.45, 7) is 12.1. The molecule has 3 aliphatic heterocycles. The van der Waals surface area contributed by atoms with Crippen LogP contribution in [0.5, 0.6) is 0 Å². The van der Waals surface area contributed by atoms with E-state index in [9.17, 15) is 51.2 Å². The first-order valence-electron chi connectivity index (χ1n) is 21.0. The van der Waals surface area contributed by atoms with Gasteiger partial charge >= 0.3 is 0 Å². The molecule has 3 aliphatic rings. The summed E-state index contributed by atoms with van der Waals surface area (Å²) >= 11 is 0. The standard InChI is InChI=1S/C44H61N3O13S2/c1-6-46-33-21-19-29(61(53,54)55)26-31(33)43(2,3)36(46)16-10-7-11-17-37-44(4,5)32-27-30(62(56,57)58)20-22-34(32)47(37)24-14-8-12-18-38(48)45-23-13-9-15-25-59-28-35-39(49)40(50)41(51)42(52)60-35/h7,10-11,16-17,19-22,26-27,35,39-42,49-52H,6,8-9,12-15,18,23-25,28H2,1-5H3,(H2-,45,48,53,54,55,56,57,58)/p+1/t35-,39+,40+,41-,42?/m1/s1. The van der Waals surface area contributed by atoms with Gasteiger partial charge in [0.1, 0.15) is 31.0 Å². The van der Waals surface area contributed by atoms with Gasteiger partial charge in [0.25, 0.3) is 20.2 Å². The van der Waals surface area contributed by atoms with Gasteiger partial charge in [0, 0.05) is 67.0 Å². The van der Waals surface area contributed by atoms with E-state index >= 15 is 0 Å². The maximum atomic E-state index is 12.6. The van der Waals surface area contributed by atoms with E-state index < -0.39 is 61.8 Å². The van der Waals surface area contributed by atoms with Crippen LogP contribution >= 0.6 is 0 Å². The SMILES string of the molecule is CCN1/C(=C/C=C/C=C/C2=[N+](CCCCCC(=O)NCCCCCOC[C@H]3OC(O)[C@H](O)[C@@H](O)[C@H]3O)c3ccc(S(=O)(=O)O)cc3C2(C)C)C(C)(C)c2cc(S(=O)(=O)O)ccc21. The molecule has 0 aliphatic carbocycles. The number of aliphatic hydroxyl groups excluding tert-OH is 4. The van der Waals surface area contributed by atoms with E-state index in [4.69, 9.17) is 9.47 Å². The molecule has 342 valence electrons. The number of carbonyl (C=O) groups excluding carboxylic acids is 1. The maximum absolute atomic E-state index is 12.6. The molecule has 0 bridgehead atoms. The van der Waals surface area contributed by atoms with E-state index in [1.807, 2.05) is 65.0 Å². The second kappa shape index (κ2) is 20.3. The van der Waals surface area contributed by atoms with Gasteiger partial charge in [-0.05, 0) is 94.8 Å². The Labute approximate surface area is 364 Å². The molecule has 5 atom stereocenters. The van der Waals surface area contributed by atoms with Gasteiger partial charge in [-0.1, -0.05) is 32.1 Å². The van der Waals surface area contributed by atoms with Crippen LogP contribution in [-0.4, -0.2) is 126 Å². The third-order valence-corrected chi connectivity index (χ3v) is 13.6. The van der Waals surface area contributed by atoms with Gasteiger partial charge in [-0.25, -0.2) is 0 Å². The Balaban J connectivity index is 1.14. The molecule has 0 aromatic heterocycles. The number of unbranched alkanes of at least 4 members (excludes halogenated alkanes) is 4. The van der Waals surface area contributed by atoms with Crippen molar-refractivity contribution in [2.24, 2.45) is 0 Å². The number of nitrogens with one attached hydrogen (secondary N) is 1. The van der Waals surface area contributed by atoms with Crippen LogP contribution < -0.4 is 10.2 Å². The smallest absolute Gasteiger partial charge is 0.294 e. The lowest BCUT2D eigenvalue weighted by molar-refractivity contribution is -0.438. The first-order valence-corrected chi connectivity index (χ1v) is 23.9. The minimum atomic E-state index is -4.43. The zero-order valence-electron chi connectivity index (χ0n) is 36.0. The number of rotatable bonds is 20. The summed E-state index contributed by atoms with van der Waals surface area (Å²) in [5, 5.41) is 42.0. The largest absolute Gasteiger partial charge is 0.387 e. The molecule has 1 amide bonds. The van der Waals surface area contributed by atoms with Gasteiger partial charge in [-0.15, -0.1) is 0 Å². The van der Waals surface area contributed by atoms with E-state index in [-0.39, 0.29) is 22.3 Å². The van der Waals surface area contributed by atoms with Crippen LogP contribution in [0.1, 0.15) is 90.7 Å². The Morgan fingerprint density at radius 3 is 2.16 bits per heavy atom. The highest BCUT2D eigenvalue weighted by atomic mass is 32.2. The van der Waals surface area contributed by atoms with E-state index in [2.05, 4.69) is 14.8 Å². The monoisotopic (exact) mass is 904 g/mol. The molecule has 7 N–H and O–H groups in total. The molecular weight excluding hydrogens is 843 g/mol. The van der Waals surface area contributed by atoms with Crippen molar-refractivity contribution in [3.8, 4) is 0 Å². The van der Waals surface area contributed by atoms with E-state index in [0.717, 1.165) is 59.6 Å². The maximum Gasteiger partial charge on any atom is 0.294 e. The van der Waals surface area contributed by atoms with Crippen LogP contribution in [0, 0.1) is 0 Å². The summed E-state index contributed by atoms with van der Waals surface area (Å²) < 4.78 is 80.2. The van der Waals surface area contributed by atoms with Crippen molar-refractivity contribution in [1.82, 2.24) is 5.32 Å². The summed E-state index contributed by atoms with van der Waals surface area (Å²) in [5.74, 6) is -0.0406. The average molecular weight is 905 g/mol. The lowest BCUT2D eigenvalue weighted by Crippen LogP contribution is -2.58. The molecule has 1 saturated heterocycles. The predicted molar refractivity (Wildman–Crippen MR) is 233 cm³/mol. The van der Waals surface area contributed by atoms with Gasteiger partial charge in [0.2, 0.25) is 11.6 Å². The highest BCUT2D eigenvalue weighted by Gasteiger charge is 2.45. The van der Waals surface area contributed by atoms with E-state index in [1.165, 1.54) is 24.3 Å². The Kier molecular flexibility index (Phi) is 16.1. The fourth-order valence-corrected chi connectivity index (χ4v) is 9.41. The zero-order chi connectivity index (χ0) is 45.6. The van der Waals surface area contributed by atoms with Gasteiger partial charge < -0.3 is 40.1 Å². The summed E-state index contributed by atoms with van der Waals surface area (Å²) in [6.07, 6.45) is 7.44. The molecule has 5 rings (SSSR count). The van der Waals surface area contributed by atoms with Gasteiger partial charge in [0.15, 0.2) is 12.0 Å². The minimum Gasteiger partial charge on any atom is -0.387 e. The number of likely N-dealkylation sites (N-methyl/N-ethyl adjacent to an activating group) is 1. The van der Waals surface area contributed by atoms with E-state index in [1.54, 1.807) is 12.1 Å². The molecule has 0 saturated carbocycles.